The van der Waals surface area contributed by atoms with Crippen LogP contribution in [0, 0.1) is 5.92 Å². The van der Waals surface area contributed by atoms with Gasteiger partial charge in [-0.25, -0.2) is 4.98 Å². The van der Waals surface area contributed by atoms with Gasteiger partial charge in [-0.05, 0) is 63.1 Å². The van der Waals surface area contributed by atoms with E-state index in [2.05, 4.69) is 36.1 Å². The molecule has 0 N–H and O–H groups in total. The van der Waals surface area contributed by atoms with E-state index in [-0.39, 0.29) is 0 Å². The molecule has 0 unspecified atom stereocenters. The second-order valence-corrected chi connectivity index (χ2v) is 9.57. The molecule has 0 spiro atoms. The zero-order valence-electron chi connectivity index (χ0n) is 16.6. The van der Waals surface area contributed by atoms with Gasteiger partial charge in [0.05, 0.1) is 21.8 Å². The van der Waals surface area contributed by atoms with E-state index >= 15 is 0 Å². The lowest BCUT2D eigenvalue weighted by molar-refractivity contribution is -0.134. The fourth-order valence-corrected chi connectivity index (χ4v) is 5.69. The van der Waals surface area contributed by atoms with Crippen molar-refractivity contribution in [1.82, 2.24) is 14.8 Å². The second kappa shape index (κ2) is 8.27. The number of aromatic nitrogens is 1. The summed E-state index contributed by atoms with van der Waals surface area (Å²) in [7, 11) is 2.01. The smallest absolute Gasteiger partial charge is 0.236 e. The normalized spacial score (nSPS) is 27.0. The van der Waals surface area contributed by atoms with Gasteiger partial charge in [-0.15, -0.1) is 11.3 Å². The molecule has 1 amide bonds. The van der Waals surface area contributed by atoms with Crippen LogP contribution in [-0.2, 0) is 4.79 Å². The highest BCUT2D eigenvalue weighted by Crippen LogP contribution is 2.33. The fraction of sp³-hybridized carbons (Fsp3) is 0.636. The first-order valence-corrected chi connectivity index (χ1v) is 11.3. The first kappa shape index (κ1) is 18.9. The number of carbonyl (C=O) groups excluding carboxylic acids is 1. The van der Waals surface area contributed by atoms with Gasteiger partial charge in [-0.1, -0.05) is 19.1 Å². The van der Waals surface area contributed by atoms with E-state index in [1.54, 1.807) is 0 Å². The SMILES string of the molecule is CC1CCC(N(C)C(=O)CN2CCC[C@H](c3nc4ccccc4s3)C2)CC1. The lowest BCUT2D eigenvalue weighted by Crippen LogP contribution is -2.46. The number of likely N-dealkylation sites (N-methyl/N-ethyl adjacent to an activating group) is 1. The number of likely N-dealkylation sites (tertiary alicyclic amines) is 1. The molecule has 1 saturated heterocycles. The van der Waals surface area contributed by atoms with Crippen LogP contribution in [0.25, 0.3) is 10.2 Å². The average molecular weight is 386 g/mol. The summed E-state index contributed by atoms with van der Waals surface area (Å²) in [6.07, 6.45) is 7.17. The minimum atomic E-state index is 0.291. The molecular weight excluding hydrogens is 354 g/mol. The molecule has 1 aliphatic carbocycles. The van der Waals surface area contributed by atoms with Crippen molar-refractivity contribution < 1.29 is 4.79 Å². The zero-order valence-corrected chi connectivity index (χ0v) is 17.4. The molecule has 2 aromatic rings. The quantitative estimate of drug-likeness (QED) is 0.777. The molecular formula is C22H31N3OS. The Labute approximate surface area is 166 Å². The van der Waals surface area contributed by atoms with Gasteiger partial charge >= 0.3 is 0 Å². The van der Waals surface area contributed by atoms with Gasteiger partial charge in [0.15, 0.2) is 0 Å². The maximum atomic E-state index is 12.8. The fourth-order valence-electron chi connectivity index (χ4n) is 4.60. The molecule has 27 heavy (non-hydrogen) atoms. The Kier molecular flexibility index (Phi) is 5.79. The molecule has 2 aliphatic rings. The standard InChI is InChI=1S/C22H31N3OS/c1-16-9-11-18(12-10-16)24(2)21(26)15-25-13-5-6-17(14-25)22-23-19-7-3-4-8-20(19)27-22/h3-4,7-8,16-18H,5-6,9-15H2,1-2H3/t16?,17-,18?/m0/s1. The van der Waals surface area contributed by atoms with Crippen molar-refractivity contribution in [3.05, 3.63) is 29.3 Å². The number of para-hydroxylation sites is 1. The number of hydrogen-bond donors (Lipinski definition) is 0. The van der Waals surface area contributed by atoms with Crippen LogP contribution in [0.2, 0.25) is 0 Å². The number of benzene rings is 1. The number of thiazole rings is 1. The summed E-state index contributed by atoms with van der Waals surface area (Å²) in [5.41, 5.74) is 1.11. The largest absolute Gasteiger partial charge is 0.342 e. The highest BCUT2D eigenvalue weighted by Gasteiger charge is 2.29. The van der Waals surface area contributed by atoms with Gasteiger partial charge in [-0.2, -0.15) is 0 Å². The van der Waals surface area contributed by atoms with Crippen LogP contribution in [0.3, 0.4) is 0 Å². The van der Waals surface area contributed by atoms with Crippen LogP contribution in [0.1, 0.15) is 56.4 Å². The number of fused-ring (bicyclic) bond motifs is 1. The molecule has 2 heterocycles. The topological polar surface area (TPSA) is 36.4 Å². The number of amides is 1. The van der Waals surface area contributed by atoms with Gasteiger partial charge in [0.2, 0.25) is 5.91 Å². The third-order valence-electron chi connectivity index (χ3n) is 6.45. The first-order valence-electron chi connectivity index (χ1n) is 10.4. The molecule has 5 heteroatoms. The summed E-state index contributed by atoms with van der Waals surface area (Å²) in [6, 6.07) is 8.83. The van der Waals surface area contributed by atoms with E-state index < -0.39 is 0 Å². The van der Waals surface area contributed by atoms with Crippen LogP contribution < -0.4 is 0 Å². The monoisotopic (exact) mass is 385 g/mol. The Balaban J connectivity index is 1.36. The van der Waals surface area contributed by atoms with Gasteiger partial charge < -0.3 is 4.90 Å². The Hall–Kier alpha value is -1.46. The van der Waals surface area contributed by atoms with E-state index in [0.717, 1.165) is 43.8 Å². The lowest BCUT2D eigenvalue weighted by Gasteiger charge is -2.36. The molecule has 1 aromatic heterocycles. The molecule has 1 aliphatic heterocycles. The van der Waals surface area contributed by atoms with Gasteiger partial charge in [0.1, 0.15) is 0 Å². The van der Waals surface area contributed by atoms with Crippen molar-refractivity contribution in [2.24, 2.45) is 5.92 Å². The van der Waals surface area contributed by atoms with Crippen molar-refractivity contribution in [2.45, 2.75) is 57.4 Å². The summed E-state index contributed by atoms with van der Waals surface area (Å²) in [5.74, 6) is 1.57. The summed E-state index contributed by atoms with van der Waals surface area (Å²) < 4.78 is 1.27. The summed E-state index contributed by atoms with van der Waals surface area (Å²) in [6.45, 7) is 4.88. The predicted molar refractivity (Wildman–Crippen MR) is 112 cm³/mol. The first-order chi connectivity index (χ1) is 13.1. The molecule has 0 bridgehead atoms. The molecule has 1 aromatic carbocycles. The Morgan fingerprint density at radius 3 is 2.78 bits per heavy atom. The minimum absolute atomic E-state index is 0.291. The molecule has 146 valence electrons. The van der Waals surface area contributed by atoms with E-state index in [9.17, 15) is 4.79 Å². The maximum absolute atomic E-state index is 12.8. The number of rotatable bonds is 4. The van der Waals surface area contributed by atoms with E-state index in [4.69, 9.17) is 4.98 Å². The number of carbonyl (C=O) groups is 1. The van der Waals surface area contributed by atoms with Crippen molar-refractivity contribution in [1.29, 1.82) is 0 Å². The minimum Gasteiger partial charge on any atom is -0.342 e. The van der Waals surface area contributed by atoms with Gasteiger partial charge in [0, 0.05) is 25.6 Å². The van der Waals surface area contributed by atoms with E-state index in [0.29, 0.717) is 24.4 Å². The second-order valence-electron chi connectivity index (χ2n) is 8.51. The van der Waals surface area contributed by atoms with Crippen molar-refractivity contribution in [3.63, 3.8) is 0 Å². The maximum Gasteiger partial charge on any atom is 0.236 e. The summed E-state index contributed by atoms with van der Waals surface area (Å²) in [5, 5.41) is 1.24. The van der Waals surface area contributed by atoms with Crippen LogP contribution in [0.5, 0.6) is 0 Å². The van der Waals surface area contributed by atoms with Crippen LogP contribution in [0.4, 0.5) is 0 Å². The third-order valence-corrected chi connectivity index (χ3v) is 7.65. The third kappa shape index (κ3) is 4.35. The lowest BCUT2D eigenvalue weighted by atomic mass is 9.87. The molecule has 1 atom stereocenters. The van der Waals surface area contributed by atoms with Crippen LogP contribution in [-0.4, -0.2) is 53.4 Å². The van der Waals surface area contributed by atoms with E-state index in [1.165, 1.54) is 29.0 Å². The Morgan fingerprint density at radius 2 is 2.00 bits per heavy atom. The number of piperidine rings is 1. The predicted octanol–water partition coefficient (Wildman–Crippen LogP) is 4.51. The molecule has 4 rings (SSSR count). The molecule has 4 nitrogen and oxygen atoms in total. The Morgan fingerprint density at radius 1 is 1.22 bits per heavy atom. The van der Waals surface area contributed by atoms with Crippen molar-refractivity contribution in [2.75, 3.05) is 26.7 Å². The van der Waals surface area contributed by atoms with E-state index in [1.807, 2.05) is 23.3 Å². The van der Waals surface area contributed by atoms with Crippen molar-refractivity contribution in [3.8, 4) is 0 Å². The van der Waals surface area contributed by atoms with Crippen LogP contribution >= 0.6 is 11.3 Å². The molecule has 1 saturated carbocycles. The zero-order chi connectivity index (χ0) is 18.8. The number of nitrogens with zero attached hydrogens (tertiary/aromatic N) is 3. The molecule has 0 radical (unpaired) electrons. The summed E-state index contributed by atoms with van der Waals surface area (Å²) in [4.78, 5) is 22.1. The molecule has 2 fully saturated rings. The Bertz CT molecular complexity index is 748. The highest BCUT2D eigenvalue weighted by molar-refractivity contribution is 7.18. The van der Waals surface area contributed by atoms with Gasteiger partial charge in [-0.3, -0.25) is 9.69 Å². The number of hydrogen-bond acceptors (Lipinski definition) is 4. The summed E-state index contributed by atoms with van der Waals surface area (Å²) >= 11 is 1.82. The van der Waals surface area contributed by atoms with Crippen molar-refractivity contribution >= 4 is 27.5 Å². The highest BCUT2D eigenvalue weighted by atomic mass is 32.1. The van der Waals surface area contributed by atoms with Crippen LogP contribution in [0.15, 0.2) is 24.3 Å². The average Bonchev–Trinajstić information content (AvgIpc) is 3.12. The van der Waals surface area contributed by atoms with Gasteiger partial charge in [0.25, 0.3) is 0 Å².